The van der Waals surface area contributed by atoms with Gasteiger partial charge in [0.2, 0.25) is 30.1 Å². The van der Waals surface area contributed by atoms with Crippen molar-refractivity contribution in [3.63, 3.8) is 0 Å². The molecular formula is C68H51ClF9N9O6S3. The SMILES string of the molecule is CNS(=O)(=O)c1ccccc1-c1ccc2nc(/C=C/c3ccc(C(F)(F)F)c(F)c3)[nH]c2c1.CNS(=O)(=O)c1ccccc1-c1ccc2nc(/C=C/c3ccc(C(F)(F)F)cc3F)[nH]c2c1.CNS(=O)(=O)c1ccccc1-c1ccc2nc(/C=C/c3ccc(F)c(Cl)c3)[nH]c2c1. The second kappa shape index (κ2) is 28.1. The van der Waals surface area contributed by atoms with E-state index >= 15 is 0 Å². The number of fused-ring (bicyclic) bond motifs is 3. The van der Waals surface area contributed by atoms with Crippen molar-refractivity contribution in [1.29, 1.82) is 0 Å². The summed E-state index contributed by atoms with van der Waals surface area (Å²) in [6, 6.07) is 45.3. The monoisotopic (exact) mass is 1390 g/mol. The molecular weight excluding hydrogens is 1340 g/mol. The van der Waals surface area contributed by atoms with Crippen LogP contribution in [0.2, 0.25) is 5.02 Å². The highest BCUT2D eigenvalue weighted by Crippen LogP contribution is 2.36. The Balaban J connectivity index is 0.000000157. The predicted molar refractivity (Wildman–Crippen MR) is 354 cm³/mol. The number of hydrogen-bond acceptors (Lipinski definition) is 9. The van der Waals surface area contributed by atoms with Crippen LogP contribution in [0.1, 0.15) is 45.3 Å². The zero-order valence-corrected chi connectivity index (χ0v) is 53.3. The molecule has 15 nitrogen and oxygen atoms in total. The molecule has 0 saturated heterocycles. The molecule has 0 atom stereocenters. The number of nitrogens with zero attached hydrogens (tertiary/aromatic N) is 3. The molecule has 492 valence electrons. The second-order valence-electron chi connectivity index (χ2n) is 20.8. The molecule has 12 rings (SSSR count). The Morgan fingerprint density at radius 3 is 1.15 bits per heavy atom. The van der Waals surface area contributed by atoms with Crippen molar-refractivity contribution in [3.8, 4) is 33.4 Å². The van der Waals surface area contributed by atoms with Gasteiger partial charge in [0.05, 0.1) is 63.9 Å². The Bertz CT molecular complexity index is 5380. The first-order chi connectivity index (χ1) is 45.5. The minimum absolute atomic E-state index is 0.0182. The number of benzene rings is 9. The molecule has 0 radical (unpaired) electrons. The first kappa shape index (κ1) is 68.8. The quantitative estimate of drug-likeness (QED) is 0.0536. The molecule has 0 aliphatic rings. The number of aromatic nitrogens is 6. The molecule has 6 N–H and O–H groups in total. The number of sulfonamides is 3. The van der Waals surface area contributed by atoms with Crippen molar-refractivity contribution in [1.82, 2.24) is 44.1 Å². The molecule has 0 aliphatic carbocycles. The van der Waals surface area contributed by atoms with Gasteiger partial charge < -0.3 is 15.0 Å². The summed E-state index contributed by atoms with van der Waals surface area (Å²) >= 11 is 5.81. The molecule has 3 heterocycles. The van der Waals surface area contributed by atoms with Crippen LogP contribution >= 0.6 is 11.6 Å². The Kier molecular flexibility index (Phi) is 20.2. The van der Waals surface area contributed by atoms with E-state index in [1.165, 1.54) is 75.8 Å². The number of halogens is 10. The van der Waals surface area contributed by atoms with Gasteiger partial charge in [-0.2, -0.15) is 26.3 Å². The minimum Gasteiger partial charge on any atom is -0.338 e. The fraction of sp³-hybridized carbons (Fsp3) is 0.0735. The number of rotatable bonds is 15. The molecule has 0 amide bonds. The standard InChI is InChI=1S/2C23H17F4N3O2S.C22H17ClFN3O2S/c1-28-33(31,32)21-5-3-2-4-16(21)15-8-10-19-20(13-15)30-22(29-19)11-7-14-6-9-17(18(24)12-14)23(25,26)27;1-28-33(31,32)21-5-3-2-4-17(21)15-7-10-19-20(12-15)30-22(29-19)11-8-14-6-9-16(13-18(14)24)23(25,26)27;1-25-30(28,29)21-5-3-2-4-16(21)15-8-10-19-20(13-15)27-22(26-19)11-7-14-6-9-18(24)17(23)12-14/h2*2-13,28H,1H3,(H,29,30);2-13,25H,1H3,(H,26,27)/b11-7+;11-8+;11-7+. The van der Waals surface area contributed by atoms with Gasteiger partial charge in [0, 0.05) is 22.3 Å². The van der Waals surface area contributed by atoms with Gasteiger partial charge in [-0.3, -0.25) is 0 Å². The third-order valence-electron chi connectivity index (χ3n) is 14.6. The highest BCUT2D eigenvalue weighted by molar-refractivity contribution is 7.90. The molecule has 0 bridgehead atoms. The maximum Gasteiger partial charge on any atom is 0.419 e. The number of aromatic amines is 3. The maximum absolute atomic E-state index is 14.1. The summed E-state index contributed by atoms with van der Waals surface area (Å²) in [6.45, 7) is 0. The van der Waals surface area contributed by atoms with Gasteiger partial charge in [-0.25, -0.2) is 67.5 Å². The van der Waals surface area contributed by atoms with Crippen LogP contribution < -0.4 is 14.2 Å². The van der Waals surface area contributed by atoms with Crippen LogP contribution in [0, 0.1) is 17.5 Å². The van der Waals surface area contributed by atoms with Gasteiger partial charge in [0.25, 0.3) is 0 Å². The molecule has 0 aliphatic heterocycles. The summed E-state index contributed by atoms with van der Waals surface area (Å²) in [5.74, 6) is -1.45. The third kappa shape index (κ3) is 15.9. The van der Waals surface area contributed by atoms with Crippen LogP contribution in [0.15, 0.2) is 197 Å². The van der Waals surface area contributed by atoms with Crippen LogP contribution in [0.5, 0.6) is 0 Å². The molecule has 0 unspecified atom stereocenters. The number of alkyl halides is 6. The maximum atomic E-state index is 14.1. The molecule has 9 aromatic carbocycles. The van der Waals surface area contributed by atoms with Gasteiger partial charge in [-0.15, -0.1) is 0 Å². The van der Waals surface area contributed by atoms with E-state index in [0.717, 1.165) is 40.4 Å². The smallest absolute Gasteiger partial charge is 0.338 e. The number of imidazole rings is 3. The van der Waals surface area contributed by atoms with E-state index in [1.807, 2.05) is 18.2 Å². The Hall–Kier alpha value is -10.0. The fourth-order valence-electron chi connectivity index (χ4n) is 9.81. The average molecular weight is 1390 g/mol. The van der Waals surface area contributed by atoms with Crippen LogP contribution in [-0.2, 0) is 42.4 Å². The van der Waals surface area contributed by atoms with Crippen molar-refractivity contribution < 1.29 is 64.8 Å². The number of H-pyrrole nitrogens is 3. The van der Waals surface area contributed by atoms with Crippen LogP contribution in [-0.4, -0.2) is 76.3 Å². The average Bonchev–Trinajstić information content (AvgIpc) is 0.966. The summed E-state index contributed by atoms with van der Waals surface area (Å²) in [5.41, 5.74) is 6.18. The van der Waals surface area contributed by atoms with E-state index in [2.05, 4.69) is 44.1 Å². The van der Waals surface area contributed by atoms with Crippen LogP contribution in [0.4, 0.5) is 39.5 Å². The van der Waals surface area contributed by atoms with Crippen molar-refractivity contribution in [2.45, 2.75) is 27.0 Å². The van der Waals surface area contributed by atoms with Gasteiger partial charge in [0.15, 0.2) is 0 Å². The van der Waals surface area contributed by atoms with E-state index in [1.54, 1.807) is 115 Å². The second-order valence-corrected chi connectivity index (χ2v) is 26.8. The van der Waals surface area contributed by atoms with Crippen molar-refractivity contribution in [2.75, 3.05) is 21.1 Å². The number of nitrogens with one attached hydrogen (secondary N) is 6. The van der Waals surface area contributed by atoms with Gasteiger partial charge >= 0.3 is 12.4 Å². The van der Waals surface area contributed by atoms with E-state index in [-0.39, 0.29) is 30.8 Å². The molecule has 0 spiro atoms. The molecule has 28 heteroatoms. The third-order valence-corrected chi connectivity index (χ3v) is 19.3. The van der Waals surface area contributed by atoms with Gasteiger partial charge in [-0.1, -0.05) is 115 Å². The summed E-state index contributed by atoms with van der Waals surface area (Å²) in [4.78, 5) is 23.0. The number of hydrogen-bond donors (Lipinski definition) is 6. The lowest BCUT2D eigenvalue weighted by Crippen LogP contribution is -2.19. The summed E-state index contributed by atoms with van der Waals surface area (Å²) in [7, 11) is -6.88. The molecule has 3 aromatic heterocycles. The van der Waals surface area contributed by atoms with Crippen LogP contribution in [0.25, 0.3) is 103 Å². The van der Waals surface area contributed by atoms with Crippen molar-refractivity contribution in [3.05, 3.63) is 250 Å². The molecule has 96 heavy (non-hydrogen) atoms. The zero-order valence-electron chi connectivity index (χ0n) is 50.1. The van der Waals surface area contributed by atoms with E-state index in [9.17, 15) is 64.8 Å². The first-order valence-corrected chi connectivity index (χ1v) is 33.2. The minimum atomic E-state index is -4.76. The fourth-order valence-corrected chi connectivity index (χ4v) is 12.9. The zero-order chi connectivity index (χ0) is 68.9. The normalized spacial score (nSPS) is 12.5. The van der Waals surface area contributed by atoms with Crippen LogP contribution in [0.3, 0.4) is 0 Å². The van der Waals surface area contributed by atoms with Gasteiger partial charge in [0.1, 0.15) is 34.9 Å². The lowest BCUT2D eigenvalue weighted by Gasteiger charge is -2.09. The highest BCUT2D eigenvalue weighted by Gasteiger charge is 2.34. The Morgan fingerprint density at radius 2 is 0.781 bits per heavy atom. The highest BCUT2D eigenvalue weighted by atomic mass is 35.5. The van der Waals surface area contributed by atoms with Crippen molar-refractivity contribution in [2.24, 2.45) is 0 Å². The summed E-state index contributed by atoms with van der Waals surface area (Å²) in [5, 5.41) is 0.0570. The topological polar surface area (TPSA) is 225 Å². The molecule has 0 saturated carbocycles. The molecule has 0 fully saturated rings. The van der Waals surface area contributed by atoms with E-state index < -0.39 is 71.0 Å². The van der Waals surface area contributed by atoms with E-state index in [4.69, 9.17) is 11.6 Å². The lowest BCUT2D eigenvalue weighted by molar-refractivity contribution is -0.140. The Labute approximate surface area is 548 Å². The van der Waals surface area contributed by atoms with E-state index in [0.29, 0.717) is 79.5 Å². The molecule has 12 aromatic rings. The first-order valence-electron chi connectivity index (χ1n) is 28.3. The predicted octanol–water partition coefficient (Wildman–Crippen LogP) is 16.0. The summed E-state index contributed by atoms with van der Waals surface area (Å²) in [6.07, 6.45) is -0.106. The van der Waals surface area contributed by atoms with Crippen molar-refractivity contribution >= 4 is 111 Å². The lowest BCUT2D eigenvalue weighted by atomic mass is 10.1. The largest absolute Gasteiger partial charge is 0.419 e. The summed E-state index contributed by atoms with van der Waals surface area (Å²) < 4.78 is 198. The van der Waals surface area contributed by atoms with Gasteiger partial charge in [-0.05, 0) is 164 Å². The Morgan fingerprint density at radius 1 is 0.396 bits per heavy atom.